The summed E-state index contributed by atoms with van der Waals surface area (Å²) in [5.41, 5.74) is 6.31. The molecule has 1 heterocycles. The summed E-state index contributed by atoms with van der Waals surface area (Å²) in [6.45, 7) is 0.477. The summed E-state index contributed by atoms with van der Waals surface area (Å²) < 4.78 is 14.7. The second-order valence-corrected chi connectivity index (χ2v) is 4.09. The van der Waals surface area contributed by atoms with E-state index < -0.39 is 5.82 Å². The lowest BCUT2D eigenvalue weighted by Crippen LogP contribution is -2.11. The van der Waals surface area contributed by atoms with Crippen molar-refractivity contribution >= 4 is 17.3 Å². The molecule has 0 spiro atoms. The number of anilines is 1. The number of hydrogen-bond acceptors (Lipinski definition) is 2. The molecule has 2 aromatic rings. The molecule has 0 aliphatic carbocycles. The van der Waals surface area contributed by atoms with Gasteiger partial charge in [-0.3, -0.25) is 4.79 Å². The van der Waals surface area contributed by atoms with Crippen LogP contribution < -0.4 is 11.2 Å². The molecule has 1 aromatic heterocycles. The Morgan fingerprint density at radius 1 is 1.35 bits per heavy atom. The van der Waals surface area contributed by atoms with E-state index in [2.05, 4.69) is 0 Å². The number of nitrogen functional groups attached to an aromatic ring is 1. The fraction of sp³-hybridized carbons (Fsp3) is 0.0833. The molecule has 0 aliphatic rings. The molecule has 0 bridgehead atoms. The van der Waals surface area contributed by atoms with Gasteiger partial charge in [-0.1, -0.05) is 17.7 Å². The minimum Gasteiger partial charge on any atom is -0.394 e. The van der Waals surface area contributed by atoms with Crippen LogP contribution in [0.15, 0.2) is 41.5 Å². The van der Waals surface area contributed by atoms with E-state index in [-0.39, 0.29) is 16.1 Å². The van der Waals surface area contributed by atoms with Gasteiger partial charge in [0.1, 0.15) is 5.82 Å². The SMILES string of the molecule is Nc1cn(Cc2ccc(F)c(Cl)c2)ccc1=O. The Morgan fingerprint density at radius 2 is 2.12 bits per heavy atom. The van der Waals surface area contributed by atoms with Crippen molar-refractivity contribution in [2.24, 2.45) is 0 Å². The van der Waals surface area contributed by atoms with Gasteiger partial charge in [-0.25, -0.2) is 4.39 Å². The van der Waals surface area contributed by atoms with Gasteiger partial charge >= 0.3 is 0 Å². The normalized spacial score (nSPS) is 10.5. The molecule has 5 heteroatoms. The highest BCUT2D eigenvalue weighted by molar-refractivity contribution is 6.30. The van der Waals surface area contributed by atoms with Crippen LogP contribution in [0.4, 0.5) is 10.1 Å². The number of aromatic nitrogens is 1. The predicted molar refractivity (Wildman–Crippen MR) is 65.6 cm³/mol. The lowest BCUT2D eigenvalue weighted by Gasteiger charge is -2.07. The van der Waals surface area contributed by atoms with Crippen molar-refractivity contribution in [2.45, 2.75) is 6.54 Å². The monoisotopic (exact) mass is 252 g/mol. The van der Waals surface area contributed by atoms with Crippen LogP contribution in [-0.2, 0) is 6.54 Å². The number of pyridine rings is 1. The number of rotatable bonds is 2. The second kappa shape index (κ2) is 4.59. The van der Waals surface area contributed by atoms with E-state index in [1.807, 2.05) is 0 Å². The van der Waals surface area contributed by atoms with E-state index >= 15 is 0 Å². The molecule has 0 amide bonds. The van der Waals surface area contributed by atoms with Crippen LogP contribution in [0.2, 0.25) is 5.02 Å². The van der Waals surface area contributed by atoms with Gasteiger partial charge in [0.15, 0.2) is 0 Å². The van der Waals surface area contributed by atoms with Crippen molar-refractivity contribution in [3.05, 3.63) is 63.3 Å². The topological polar surface area (TPSA) is 48.0 Å². The first kappa shape index (κ1) is 11.7. The largest absolute Gasteiger partial charge is 0.394 e. The molecule has 0 saturated heterocycles. The van der Waals surface area contributed by atoms with Gasteiger partial charge in [-0.05, 0) is 17.7 Å². The Hall–Kier alpha value is -1.81. The zero-order valence-corrected chi connectivity index (χ0v) is 9.62. The highest BCUT2D eigenvalue weighted by Gasteiger charge is 2.02. The van der Waals surface area contributed by atoms with Gasteiger partial charge in [0.05, 0.1) is 10.7 Å². The van der Waals surface area contributed by atoms with Crippen molar-refractivity contribution in [3.63, 3.8) is 0 Å². The first-order valence-electron chi connectivity index (χ1n) is 4.96. The summed E-state index contributed by atoms with van der Waals surface area (Å²) in [6.07, 6.45) is 3.16. The van der Waals surface area contributed by atoms with E-state index in [9.17, 15) is 9.18 Å². The number of benzene rings is 1. The molecule has 2 N–H and O–H groups in total. The van der Waals surface area contributed by atoms with Crippen molar-refractivity contribution in [2.75, 3.05) is 5.73 Å². The van der Waals surface area contributed by atoms with Crippen LogP contribution in [0.5, 0.6) is 0 Å². The second-order valence-electron chi connectivity index (χ2n) is 3.69. The fourth-order valence-electron chi connectivity index (χ4n) is 1.49. The molecule has 1 aromatic carbocycles. The Labute approximate surface area is 102 Å². The standard InChI is InChI=1S/C12H10ClFN2O/c13-9-5-8(1-2-10(9)14)6-16-4-3-12(17)11(15)7-16/h1-5,7H,6,15H2. The maximum Gasteiger partial charge on any atom is 0.204 e. The van der Waals surface area contributed by atoms with E-state index in [4.69, 9.17) is 17.3 Å². The van der Waals surface area contributed by atoms with Crippen LogP contribution >= 0.6 is 11.6 Å². The Balaban J connectivity index is 2.28. The minimum atomic E-state index is -0.449. The lowest BCUT2D eigenvalue weighted by molar-refractivity contribution is 0.626. The van der Waals surface area contributed by atoms with Gasteiger partial charge in [-0.2, -0.15) is 0 Å². The first-order valence-corrected chi connectivity index (χ1v) is 5.33. The number of nitrogens with two attached hydrogens (primary N) is 1. The van der Waals surface area contributed by atoms with Crippen LogP contribution in [0, 0.1) is 5.82 Å². The smallest absolute Gasteiger partial charge is 0.204 e. The third-order valence-corrected chi connectivity index (χ3v) is 2.65. The molecule has 17 heavy (non-hydrogen) atoms. The van der Waals surface area contributed by atoms with E-state index in [1.54, 1.807) is 29.1 Å². The Bertz CT molecular complexity index is 610. The van der Waals surface area contributed by atoms with Crippen LogP contribution in [0.1, 0.15) is 5.56 Å². The summed E-state index contributed by atoms with van der Waals surface area (Å²) >= 11 is 5.68. The van der Waals surface area contributed by atoms with E-state index in [0.717, 1.165) is 5.56 Å². The van der Waals surface area contributed by atoms with Crippen LogP contribution in [0.25, 0.3) is 0 Å². The minimum absolute atomic E-state index is 0.0801. The van der Waals surface area contributed by atoms with E-state index in [1.165, 1.54) is 12.1 Å². The highest BCUT2D eigenvalue weighted by Crippen LogP contribution is 2.16. The maximum atomic E-state index is 13.0. The zero-order valence-electron chi connectivity index (χ0n) is 8.86. The summed E-state index contributed by atoms with van der Waals surface area (Å²) in [4.78, 5) is 11.1. The number of hydrogen-bond donors (Lipinski definition) is 1. The van der Waals surface area contributed by atoms with Crippen molar-refractivity contribution < 1.29 is 4.39 Å². The highest BCUT2D eigenvalue weighted by atomic mass is 35.5. The summed E-state index contributed by atoms with van der Waals surface area (Å²) in [5, 5.41) is 0.0801. The predicted octanol–water partition coefficient (Wildman–Crippen LogP) is 2.27. The quantitative estimate of drug-likeness (QED) is 0.891. The van der Waals surface area contributed by atoms with Crippen LogP contribution in [-0.4, -0.2) is 4.57 Å². The molecular weight excluding hydrogens is 243 g/mol. The van der Waals surface area contributed by atoms with Gasteiger partial charge in [0.2, 0.25) is 5.43 Å². The van der Waals surface area contributed by atoms with Gasteiger partial charge < -0.3 is 10.3 Å². The fourth-order valence-corrected chi connectivity index (χ4v) is 1.70. The third-order valence-electron chi connectivity index (χ3n) is 2.36. The Morgan fingerprint density at radius 3 is 2.76 bits per heavy atom. The van der Waals surface area contributed by atoms with Crippen molar-refractivity contribution in [3.8, 4) is 0 Å². The molecule has 88 valence electrons. The summed E-state index contributed by atoms with van der Waals surface area (Å²) in [5.74, 6) is -0.449. The molecule has 2 rings (SSSR count). The molecule has 0 radical (unpaired) electrons. The molecule has 0 unspecified atom stereocenters. The van der Waals surface area contributed by atoms with Crippen molar-refractivity contribution in [1.82, 2.24) is 4.57 Å². The molecular formula is C12H10ClFN2O. The number of halogens is 2. The lowest BCUT2D eigenvalue weighted by atomic mass is 10.2. The first-order chi connectivity index (χ1) is 8.06. The summed E-state index contributed by atoms with van der Waals surface area (Å²) in [6, 6.07) is 5.88. The van der Waals surface area contributed by atoms with Gasteiger partial charge in [-0.15, -0.1) is 0 Å². The number of nitrogens with zero attached hydrogens (tertiary/aromatic N) is 1. The average molecular weight is 253 g/mol. The third kappa shape index (κ3) is 2.65. The molecule has 0 atom stereocenters. The van der Waals surface area contributed by atoms with E-state index in [0.29, 0.717) is 6.54 Å². The summed E-state index contributed by atoms with van der Waals surface area (Å²) in [7, 11) is 0. The van der Waals surface area contributed by atoms with Crippen LogP contribution in [0.3, 0.4) is 0 Å². The maximum absolute atomic E-state index is 13.0. The molecule has 0 aliphatic heterocycles. The Kier molecular flexibility index (Phi) is 3.15. The average Bonchev–Trinajstić information content (AvgIpc) is 2.29. The van der Waals surface area contributed by atoms with Gasteiger partial charge in [0.25, 0.3) is 0 Å². The van der Waals surface area contributed by atoms with Crippen molar-refractivity contribution in [1.29, 1.82) is 0 Å². The molecule has 0 saturated carbocycles. The zero-order chi connectivity index (χ0) is 12.4. The molecule has 3 nitrogen and oxygen atoms in total. The van der Waals surface area contributed by atoms with Gasteiger partial charge in [0, 0.05) is 25.0 Å². The molecule has 0 fully saturated rings.